The Morgan fingerprint density at radius 2 is 1.85 bits per heavy atom. The monoisotopic (exact) mass is 449 g/mol. The molecule has 1 heterocycles. The van der Waals surface area contributed by atoms with Crippen molar-refractivity contribution in [1.82, 2.24) is 15.2 Å². The number of nitrogens with zero attached hydrogens (tertiary/aromatic N) is 1. The van der Waals surface area contributed by atoms with Gasteiger partial charge in [-0.15, -0.1) is 0 Å². The van der Waals surface area contributed by atoms with Crippen molar-refractivity contribution in [3.63, 3.8) is 0 Å². The first-order chi connectivity index (χ1) is 15.8. The van der Waals surface area contributed by atoms with E-state index in [0.29, 0.717) is 18.5 Å². The van der Waals surface area contributed by atoms with Crippen LogP contribution in [0, 0.1) is 19.7 Å². The Bertz CT molecular complexity index is 1220. The summed E-state index contributed by atoms with van der Waals surface area (Å²) >= 11 is 0. The summed E-state index contributed by atoms with van der Waals surface area (Å²) in [5.41, 5.74) is 3.75. The number of aryl methyl sites for hydroxylation is 2. The molecule has 2 aromatic carbocycles. The van der Waals surface area contributed by atoms with Gasteiger partial charge in [0, 0.05) is 18.8 Å². The van der Waals surface area contributed by atoms with Crippen LogP contribution in [0.4, 0.5) is 4.39 Å². The Labute approximate surface area is 192 Å². The maximum absolute atomic E-state index is 13.5. The fraction of sp³-hybridized carbons (Fsp3) is 0.269. The molecule has 0 aliphatic heterocycles. The fourth-order valence-electron chi connectivity index (χ4n) is 3.51. The number of carbonyl (C=O) groups is 2. The molecule has 0 fully saturated rings. The maximum Gasteiger partial charge on any atom is 0.253 e. The zero-order valence-corrected chi connectivity index (χ0v) is 19.0. The molecule has 0 saturated carbocycles. The van der Waals surface area contributed by atoms with Crippen molar-refractivity contribution in [3.8, 4) is 0 Å². The van der Waals surface area contributed by atoms with E-state index in [4.69, 9.17) is 0 Å². The summed E-state index contributed by atoms with van der Waals surface area (Å²) in [5, 5.41) is 5.63. The lowest BCUT2D eigenvalue weighted by Crippen LogP contribution is -2.46. The van der Waals surface area contributed by atoms with Gasteiger partial charge in [-0.3, -0.25) is 14.4 Å². The van der Waals surface area contributed by atoms with Gasteiger partial charge in [0.1, 0.15) is 11.9 Å². The highest BCUT2D eigenvalue weighted by molar-refractivity contribution is 5.97. The SMILES string of the molecule is CC[C@H](NC(=O)c1ccc(=O)n(Cc2cccc(F)c2)c1)C(=O)NCc1cc(C)ccc1C. The second-order valence-corrected chi connectivity index (χ2v) is 8.10. The van der Waals surface area contributed by atoms with Crippen LogP contribution in [0.25, 0.3) is 0 Å². The molecule has 7 heteroatoms. The number of halogens is 1. The van der Waals surface area contributed by atoms with Crippen LogP contribution in [-0.2, 0) is 17.9 Å². The first-order valence-corrected chi connectivity index (χ1v) is 10.9. The molecular formula is C26H28FN3O3. The number of hydrogen-bond acceptors (Lipinski definition) is 3. The standard InChI is InChI=1S/C26H28FN3O3/c1-4-23(26(33)28-14-21-12-17(2)8-9-18(21)3)29-25(32)20-10-11-24(31)30(16-20)15-19-6-5-7-22(27)13-19/h5-13,16,23H,4,14-15H2,1-3H3,(H,28,33)(H,29,32)/t23-/m0/s1. The van der Waals surface area contributed by atoms with Gasteiger partial charge in [-0.2, -0.15) is 0 Å². The molecule has 0 radical (unpaired) electrons. The zero-order chi connectivity index (χ0) is 24.0. The molecule has 0 aliphatic carbocycles. The minimum absolute atomic E-state index is 0.130. The van der Waals surface area contributed by atoms with Gasteiger partial charge in [-0.1, -0.05) is 42.8 Å². The molecule has 3 aromatic rings. The molecule has 3 rings (SSSR count). The Balaban J connectivity index is 1.67. The molecular weight excluding hydrogens is 421 g/mol. The van der Waals surface area contributed by atoms with Crippen molar-refractivity contribution in [2.24, 2.45) is 0 Å². The van der Waals surface area contributed by atoms with E-state index in [1.807, 2.05) is 39.0 Å². The Morgan fingerprint density at radius 3 is 2.58 bits per heavy atom. The highest BCUT2D eigenvalue weighted by Gasteiger charge is 2.20. The minimum atomic E-state index is -0.716. The van der Waals surface area contributed by atoms with E-state index in [9.17, 15) is 18.8 Å². The van der Waals surface area contributed by atoms with Gasteiger partial charge in [0.2, 0.25) is 5.91 Å². The summed E-state index contributed by atoms with van der Waals surface area (Å²) in [7, 11) is 0. The van der Waals surface area contributed by atoms with Crippen molar-refractivity contribution in [2.75, 3.05) is 0 Å². The normalized spacial score (nSPS) is 11.6. The van der Waals surface area contributed by atoms with Crippen LogP contribution >= 0.6 is 0 Å². The Morgan fingerprint density at radius 1 is 1.06 bits per heavy atom. The molecule has 0 spiro atoms. The van der Waals surface area contributed by atoms with Crippen molar-refractivity contribution >= 4 is 11.8 Å². The van der Waals surface area contributed by atoms with Crippen LogP contribution in [0.3, 0.4) is 0 Å². The van der Waals surface area contributed by atoms with Gasteiger partial charge >= 0.3 is 0 Å². The number of carbonyl (C=O) groups excluding carboxylic acids is 2. The molecule has 33 heavy (non-hydrogen) atoms. The summed E-state index contributed by atoms with van der Waals surface area (Å²) < 4.78 is 14.8. The average molecular weight is 450 g/mol. The number of pyridine rings is 1. The first-order valence-electron chi connectivity index (χ1n) is 10.9. The summed E-state index contributed by atoms with van der Waals surface area (Å²) in [6.45, 7) is 6.29. The molecule has 0 saturated heterocycles. The van der Waals surface area contributed by atoms with Gasteiger partial charge in [-0.05, 0) is 55.2 Å². The van der Waals surface area contributed by atoms with Gasteiger partial charge in [0.15, 0.2) is 0 Å². The maximum atomic E-state index is 13.5. The number of hydrogen-bond donors (Lipinski definition) is 2. The lowest BCUT2D eigenvalue weighted by molar-refractivity contribution is -0.123. The van der Waals surface area contributed by atoms with Crippen LogP contribution in [0.2, 0.25) is 0 Å². The predicted octanol–water partition coefficient (Wildman–Crippen LogP) is 3.48. The summed E-state index contributed by atoms with van der Waals surface area (Å²) in [4.78, 5) is 37.7. The van der Waals surface area contributed by atoms with E-state index in [0.717, 1.165) is 16.7 Å². The third-order valence-corrected chi connectivity index (χ3v) is 5.48. The molecule has 2 amide bonds. The molecule has 2 N–H and O–H groups in total. The summed E-state index contributed by atoms with van der Waals surface area (Å²) in [5.74, 6) is -1.14. The second-order valence-electron chi connectivity index (χ2n) is 8.10. The smallest absolute Gasteiger partial charge is 0.253 e. The number of aromatic nitrogens is 1. The molecule has 172 valence electrons. The number of nitrogens with one attached hydrogen (secondary N) is 2. The van der Waals surface area contributed by atoms with Crippen molar-refractivity contribution in [2.45, 2.75) is 46.3 Å². The summed E-state index contributed by atoms with van der Waals surface area (Å²) in [6.07, 6.45) is 1.83. The lowest BCUT2D eigenvalue weighted by Gasteiger charge is -2.18. The zero-order valence-electron chi connectivity index (χ0n) is 19.0. The van der Waals surface area contributed by atoms with Crippen molar-refractivity contribution in [3.05, 3.63) is 105 Å². The molecule has 0 bridgehead atoms. The van der Waals surface area contributed by atoms with Crippen LogP contribution in [0.5, 0.6) is 0 Å². The van der Waals surface area contributed by atoms with Crippen LogP contribution < -0.4 is 16.2 Å². The predicted molar refractivity (Wildman–Crippen MR) is 126 cm³/mol. The first kappa shape index (κ1) is 23.9. The van der Waals surface area contributed by atoms with Crippen LogP contribution in [0.15, 0.2) is 65.6 Å². The largest absolute Gasteiger partial charge is 0.350 e. The number of amides is 2. The molecule has 0 unspecified atom stereocenters. The summed E-state index contributed by atoms with van der Waals surface area (Å²) in [6, 6.07) is 14.0. The van der Waals surface area contributed by atoms with Crippen LogP contribution in [0.1, 0.15) is 46.0 Å². The average Bonchev–Trinajstić information content (AvgIpc) is 2.79. The third-order valence-electron chi connectivity index (χ3n) is 5.48. The highest BCUT2D eigenvalue weighted by atomic mass is 19.1. The third kappa shape index (κ3) is 6.38. The number of benzene rings is 2. The molecule has 1 aromatic heterocycles. The second kappa shape index (κ2) is 10.7. The Hall–Kier alpha value is -3.74. The minimum Gasteiger partial charge on any atom is -0.350 e. The van der Waals surface area contributed by atoms with Crippen molar-refractivity contribution in [1.29, 1.82) is 0 Å². The van der Waals surface area contributed by atoms with Gasteiger partial charge < -0.3 is 15.2 Å². The van der Waals surface area contributed by atoms with Gasteiger partial charge in [0.25, 0.3) is 11.5 Å². The van der Waals surface area contributed by atoms with Gasteiger partial charge in [-0.25, -0.2) is 4.39 Å². The van der Waals surface area contributed by atoms with E-state index in [1.54, 1.807) is 12.1 Å². The van der Waals surface area contributed by atoms with E-state index in [-0.39, 0.29) is 23.6 Å². The fourth-order valence-corrected chi connectivity index (χ4v) is 3.51. The topological polar surface area (TPSA) is 80.2 Å². The van der Waals surface area contributed by atoms with E-state index >= 15 is 0 Å². The highest BCUT2D eigenvalue weighted by Crippen LogP contribution is 2.11. The van der Waals surface area contributed by atoms with Crippen molar-refractivity contribution < 1.29 is 14.0 Å². The molecule has 6 nitrogen and oxygen atoms in total. The Kier molecular flexibility index (Phi) is 7.77. The van der Waals surface area contributed by atoms with Gasteiger partial charge in [0.05, 0.1) is 12.1 Å². The quantitative estimate of drug-likeness (QED) is 0.553. The van der Waals surface area contributed by atoms with E-state index in [2.05, 4.69) is 10.6 Å². The molecule has 0 aliphatic rings. The number of rotatable bonds is 8. The lowest BCUT2D eigenvalue weighted by atomic mass is 10.1. The van der Waals surface area contributed by atoms with Crippen LogP contribution in [-0.4, -0.2) is 22.4 Å². The molecule has 1 atom stereocenters. The van der Waals surface area contributed by atoms with E-state index in [1.165, 1.54) is 35.0 Å². The van der Waals surface area contributed by atoms with E-state index < -0.39 is 17.8 Å².